The van der Waals surface area contributed by atoms with E-state index in [2.05, 4.69) is 12.2 Å². The van der Waals surface area contributed by atoms with Crippen molar-refractivity contribution < 1.29 is 9.47 Å². The normalized spacial score (nSPS) is 15.3. The third-order valence-electron chi connectivity index (χ3n) is 2.49. The van der Waals surface area contributed by atoms with Crippen LogP contribution in [0.1, 0.15) is 18.5 Å². The molecule has 0 saturated carbocycles. The third kappa shape index (κ3) is 2.22. The van der Waals surface area contributed by atoms with E-state index < -0.39 is 0 Å². The summed E-state index contributed by atoms with van der Waals surface area (Å²) in [5, 5.41) is 3.32. The predicted octanol–water partition coefficient (Wildman–Crippen LogP) is 1.02. The molecule has 1 aliphatic heterocycles. The maximum atomic E-state index is 5.44. The quantitative estimate of drug-likeness (QED) is 0.775. The molecule has 1 heterocycles. The van der Waals surface area contributed by atoms with Gasteiger partial charge in [-0.15, -0.1) is 0 Å². The predicted molar refractivity (Wildman–Crippen MR) is 58.0 cm³/mol. The Bertz CT molecular complexity index is 341. The van der Waals surface area contributed by atoms with E-state index >= 15 is 0 Å². The number of hydrogen-bond donors (Lipinski definition) is 2. The molecule has 3 N–H and O–H groups in total. The van der Waals surface area contributed by atoms with E-state index in [-0.39, 0.29) is 6.04 Å². The molecule has 1 atom stereocenters. The number of rotatable bonds is 4. The minimum absolute atomic E-state index is 0.281. The highest BCUT2D eigenvalue weighted by Crippen LogP contribution is 2.33. The lowest BCUT2D eigenvalue weighted by Gasteiger charge is -2.13. The second-order valence-electron chi connectivity index (χ2n) is 3.58. The molecular formula is C11H16N2O2. The number of ether oxygens (including phenoxy) is 2. The van der Waals surface area contributed by atoms with Crippen molar-refractivity contribution in [3.8, 4) is 11.5 Å². The molecule has 0 spiro atoms. The first-order valence-electron chi connectivity index (χ1n) is 5.14. The van der Waals surface area contributed by atoms with E-state index in [9.17, 15) is 0 Å². The Balaban J connectivity index is 2.08. The molecule has 0 amide bonds. The molecule has 1 unspecified atom stereocenters. The summed E-state index contributed by atoms with van der Waals surface area (Å²) in [6.07, 6.45) is 0. The average Bonchev–Trinajstić information content (AvgIpc) is 2.72. The first-order valence-corrected chi connectivity index (χ1v) is 5.14. The Morgan fingerprint density at radius 3 is 3.00 bits per heavy atom. The molecule has 0 radical (unpaired) electrons. The molecule has 0 saturated heterocycles. The van der Waals surface area contributed by atoms with Gasteiger partial charge in [0.2, 0.25) is 6.79 Å². The van der Waals surface area contributed by atoms with Crippen LogP contribution in [0.5, 0.6) is 11.5 Å². The van der Waals surface area contributed by atoms with E-state index in [1.807, 2.05) is 18.2 Å². The van der Waals surface area contributed by atoms with E-state index in [4.69, 9.17) is 15.2 Å². The zero-order valence-electron chi connectivity index (χ0n) is 8.82. The highest BCUT2D eigenvalue weighted by molar-refractivity contribution is 5.45. The van der Waals surface area contributed by atoms with Crippen LogP contribution in [0.4, 0.5) is 0 Å². The lowest BCUT2D eigenvalue weighted by atomic mass is 10.1. The van der Waals surface area contributed by atoms with Crippen LogP contribution < -0.4 is 20.5 Å². The van der Waals surface area contributed by atoms with Crippen LogP contribution in [0.3, 0.4) is 0 Å². The first-order chi connectivity index (χ1) is 7.31. The van der Waals surface area contributed by atoms with Crippen LogP contribution in [0.15, 0.2) is 18.2 Å². The van der Waals surface area contributed by atoms with Gasteiger partial charge in [-0.2, -0.15) is 0 Å². The van der Waals surface area contributed by atoms with E-state index in [1.54, 1.807) is 0 Å². The van der Waals surface area contributed by atoms with Gasteiger partial charge in [-0.1, -0.05) is 6.07 Å². The first kappa shape index (κ1) is 10.3. The van der Waals surface area contributed by atoms with Gasteiger partial charge in [0.05, 0.1) is 0 Å². The van der Waals surface area contributed by atoms with Gasteiger partial charge in [-0.05, 0) is 24.6 Å². The fourth-order valence-electron chi connectivity index (χ4n) is 1.60. The molecule has 0 fully saturated rings. The molecule has 0 bridgehead atoms. The summed E-state index contributed by atoms with van der Waals surface area (Å²) in [4.78, 5) is 0. The van der Waals surface area contributed by atoms with Crippen molar-refractivity contribution in [3.63, 3.8) is 0 Å². The summed E-state index contributed by atoms with van der Waals surface area (Å²) in [5.74, 6) is 1.65. The summed E-state index contributed by atoms with van der Waals surface area (Å²) >= 11 is 0. The van der Waals surface area contributed by atoms with Crippen molar-refractivity contribution >= 4 is 0 Å². The van der Waals surface area contributed by atoms with Crippen molar-refractivity contribution in [1.82, 2.24) is 5.32 Å². The molecule has 4 heteroatoms. The third-order valence-corrected chi connectivity index (χ3v) is 2.49. The van der Waals surface area contributed by atoms with Gasteiger partial charge in [0.1, 0.15) is 0 Å². The van der Waals surface area contributed by atoms with Crippen LogP contribution in [-0.4, -0.2) is 19.9 Å². The van der Waals surface area contributed by atoms with E-state index in [0.717, 1.165) is 18.0 Å². The van der Waals surface area contributed by atoms with Gasteiger partial charge in [-0.3, -0.25) is 0 Å². The highest BCUT2D eigenvalue weighted by Gasteiger charge is 2.15. The number of fused-ring (bicyclic) bond motifs is 1. The van der Waals surface area contributed by atoms with Crippen LogP contribution >= 0.6 is 0 Å². The topological polar surface area (TPSA) is 56.5 Å². The molecule has 4 nitrogen and oxygen atoms in total. The van der Waals surface area contributed by atoms with E-state index in [1.165, 1.54) is 5.56 Å². The van der Waals surface area contributed by atoms with Crippen molar-refractivity contribution in [2.45, 2.75) is 13.0 Å². The number of nitrogens with two attached hydrogens (primary N) is 1. The van der Waals surface area contributed by atoms with E-state index in [0.29, 0.717) is 13.3 Å². The van der Waals surface area contributed by atoms with Crippen LogP contribution in [-0.2, 0) is 0 Å². The lowest BCUT2D eigenvalue weighted by Crippen LogP contribution is -2.25. The Kier molecular flexibility index (Phi) is 3.08. The van der Waals surface area contributed by atoms with Crippen molar-refractivity contribution in [3.05, 3.63) is 23.8 Å². The maximum absolute atomic E-state index is 5.44. The monoisotopic (exact) mass is 208 g/mol. The Labute approximate surface area is 89.4 Å². The number of nitrogens with one attached hydrogen (secondary N) is 1. The minimum atomic E-state index is 0.281. The van der Waals surface area contributed by atoms with Gasteiger partial charge in [-0.25, -0.2) is 0 Å². The lowest BCUT2D eigenvalue weighted by molar-refractivity contribution is 0.174. The van der Waals surface area contributed by atoms with Gasteiger partial charge >= 0.3 is 0 Å². The standard InChI is InChI=1S/C11H16N2O2/c1-8(13-5-4-12)9-2-3-10-11(6-9)15-7-14-10/h2-3,6,8,13H,4-5,7,12H2,1H3. The maximum Gasteiger partial charge on any atom is 0.231 e. The van der Waals surface area contributed by atoms with Crippen LogP contribution in [0, 0.1) is 0 Å². The van der Waals surface area contributed by atoms with Crippen molar-refractivity contribution in [2.75, 3.05) is 19.9 Å². The second kappa shape index (κ2) is 4.51. The largest absolute Gasteiger partial charge is 0.454 e. The average molecular weight is 208 g/mol. The minimum Gasteiger partial charge on any atom is -0.454 e. The molecule has 0 aliphatic carbocycles. The molecule has 1 aromatic carbocycles. The molecule has 0 aromatic heterocycles. The van der Waals surface area contributed by atoms with Gasteiger partial charge in [0.15, 0.2) is 11.5 Å². The molecule has 82 valence electrons. The molecule has 1 aromatic rings. The number of hydrogen-bond acceptors (Lipinski definition) is 4. The molecular weight excluding hydrogens is 192 g/mol. The fourth-order valence-corrected chi connectivity index (χ4v) is 1.60. The fraction of sp³-hybridized carbons (Fsp3) is 0.455. The summed E-state index contributed by atoms with van der Waals surface area (Å²) in [6.45, 7) is 3.89. The van der Waals surface area contributed by atoms with Gasteiger partial charge in [0.25, 0.3) is 0 Å². The molecule has 2 rings (SSSR count). The smallest absolute Gasteiger partial charge is 0.231 e. The Morgan fingerprint density at radius 2 is 2.20 bits per heavy atom. The summed E-state index contributed by atoms with van der Waals surface area (Å²) in [7, 11) is 0. The zero-order valence-corrected chi connectivity index (χ0v) is 8.82. The van der Waals surface area contributed by atoms with Crippen molar-refractivity contribution in [1.29, 1.82) is 0 Å². The Morgan fingerprint density at radius 1 is 1.40 bits per heavy atom. The Hall–Kier alpha value is -1.26. The van der Waals surface area contributed by atoms with Crippen LogP contribution in [0.25, 0.3) is 0 Å². The SMILES string of the molecule is CC(NCCN)c1ccc2c(c1)OCO2. The second-order valence-corrected chi connectivity index (χ2v) is 3.58. The molecule has 1 aliphatic rings. The summed E-state index contributed by atoms with van der Waals surface area (Å²) < 4.78 is 10.6. The van der Waals surface area contributed by atoms with Gasteiger partial charge in [0, 0.05) is 19.1 Å². The van der Waals surface area contributed by atoms with Crippen LogP contribution in [0.2, 0.25) is 0 Å². The van der Waals surface area contributed by atoms with Crippen molar-refractivity contribution in [2.24, 2.45) is 5.73 Å². The van der Waals surface area contributed by atoms with Gasteiger partial charge < -0.3 is 20.5 Å². The number of benzene rings is 1. The zero-order chi connectivity index (χ0) is 10.7. The summed E-state index contributed by atoms with van der Waals surface area (Å²) in [5.41, 5.74) is 6.63. The molecule has 15 heavy (non-hydrogen) atoms. The highest BCUT2D eigenvalue weighted by atomic mass is 16.7. The summed E-state index contributed by atoms with van der Waals surface area (Å²) in [6, 6.07) is 6.28.